The van der Waals surface area contributed by atoms with E-state index >= 15 is 0 Å². The fraction of sp³-hybridized carbons (Fsp3) is 0.0667. The molecule has 0 aliphatic carbocycles. The normalized spacial score (nSPS) is 11.1. The maximum absolute atomic E-state index is 10.2. The van der Waals surface area contributed by atoms with Crippen molar-refractivity contribution in [2.45, 2.75) is 6.92 Å². The summed E-state index contributed by atoms with van der Waals surface area (Å²) in [6, 6.07) is 17.8. The number of rotatable bonds is 4. The van der Waals surface area contributed by atoms with Gasteiger partial charge >= 0.3 is 0 Å². The number of benzene rings is 2. The van der Waals surface area contributed by atoms with Crippen molar-refractivity contribution in [2.24, 2.45) is 5.18 Å². The molecule has 0 saturated heterocycles. The maximum atomic E-state index is 10.2. The van der Waals surface area contributed by atoms with Crippen molar-refractivity contribution in [2.75, 3.05) is 0 Å². The topological polar surface area (TPSA) is 38.7 Å². The molecule has 90 valence electrons. The summed E-state index contributed by atoms with van der Waals surface area (Å²) in [7, 11) is 0. The number of nitrogens with zero attached hydrogens (tertiary/aromatic N) is 1. The minimum atomic E-state index is 0.308. The van der Waals surface area contributed by atoms with Crippen LogP contribution in [0.1, 0.15) is 6.92 Å². The van der Waals surface area contributed by atoms with E-state index in [1.807, 2.05) is 42.5 Å². The van der Waals surface area contributed by atoms with Crippen molar-refractivity contribution >= 4 is 0 Å². The molecular weight excluding hydrogens is 226 g/mol. The molecule has 2 aromatic rings. The largest absolute Gasteiger partial charge is 0.463 e. The number of nitroso groups, excluding NO2 is 1. The van der Waals surface area contributed by atoms with Gasteiger partial charge in [-0.1, -0.05) is 42.5 Å². The van der Waals surface area contributed by atoms with E-state index in [1.165, 1.54) is 6.26 Å². The Morgan fingerprint density at radius 3 is 2.22 bits per heavy atom. The van der Waals surface area contributed by atoms with Crippen molar-refractivity contribution in [1.29, 1.82) is 0 Å². The molecule has 2 aromatic carbocycles. The van der Waals surface area contributed by atoms with Gasteiger partial charge in [-0.15, -0.1) is 4.91 Å². The highest BCUT2D eigenvalue weighted by Gasteiger charge is 1.97. The van der Waals surface area contributed by atoms with Crippen LogP contribution in [0.25, 0.3) is 11.1 Å². The van der Waals surface area contributed by atoms with Gasteiger partial charge in [-0.25, -0.2) is 0 Å². The van der Waals surface area contributed by atoms with Crippen LogP contribution in [-0.2, 0) is 0 Å². The van der Waals surface area contributed by atoms with Crippen LogP contribution in [0.5, 0.6) is 5.75 Å². The summed E-state index contributed by atoms with van der Waals surface area (Å²) in [5.41, 5.74) is 2.59. The third-order valence-electron chi connectivity index (χ3n) is 2.47. The van der Waals surface area contributed by atoms with Gasteiger partial charge in [0, 0.05) is 0 Å². The second-order valence-corrected chi connectivity index (χ2v) is 3.86. The van der Waals surface area contributed by atoms with Crippen LogP contribution in [0.15, 0.2) is 71.7 Å². The number of hydrogen-bond acceptors (Lipinski definition) is 3. The average Bonchev–Trinajstić information content (AvgIpc) is 2.46. The van der Waals surface area contributed by atoms with Gasteiger partial charge in [0.25, 0.3) is 0 Å². The van der Waals surface area contributed by atoms with Gasteiger partial charge in [0.15, 0.2) is 0 Å². The Hall–Kier alpha value is -2.42. The van der Waals surface area contributed by atoms with E-state index in [4.69, 9.17) is 4.74 Å². The van der Waals surface area contributed by atoms with Gasteiger partial charge in [-0.3, -0.25) is 0 Å². The smallest absolute Gasteiger partial charge is 0.126 e. The maximum Gasteiger partial charge on any atom is 0.126 e. The fourth-order valence-electron chi connectivity index (χ4n) is 1.53. The molecule has 18 heavy (non-hydrogen) atoms. The summed E-state index contributed by atoms with van der Waals surface area (Å²) in [6.07, 6.45) is 1.34. The van der Waals surface area contributed by atoms with Crippen molar-refractivity contribution in [3.05, 3.63) is 71.5 Å². The van der Waals surface area contributed by atoms with E-state index in [-0.39, 0.29) is 0 Å². The van der Waals surface area contributed by atoms with Crippen LogP contribution in [0.4, 0.5) is 0 Å². The molecule has 0 radical (unpaired) electrons. The third kappa shape index (κ3) is 3.04. The zero-order valence-electron chi connectivity index (χ0n) is 10.0. The van der Waals surface area contributed by atoms with Gasteiger partial charge in [0.2, 0.25) is 0 Å². The molecule has 3 heteroatoms. The Morgan fingerprint density at radius 1 is 1.00 bits per heavy atom. The summed E-state index contributed by atoms with van der Waals surface area (Å²) in [6.45, 7) is 1.59. The Balaban J connectivity index is 2.13. The minimum absolute atomic E-state index is 0.308. The Morgan fingerprint density at radius 2 is 1.61 bits per heavy atom. The van der Waals surface area contributed by atoms with Crippen molar-refractivity contribution in [3.63, 3.8) is 0 Å². The lowest BCUT2D eigenvalue weighted by Gasteiger charge is -2.03. The van der Waals surface area contributed by atoms with Gasteiger partial charge in [-0.2, -0.15) is 0 Å². The predicted octanol–water partition coefficient (Wildman–Crippen LogP) is 4.36. The number of ether oxygens (including phenoxy) is 1. The van der Waals surface area contributed by atoms with Crippen LogP contribution in [0.3, 0.4) is 0 Å². The molecule has 0 unspecified atom stereocenters. The summed E-state index contributed by atoms with van der Waals surface area (Å²) in [5, 5.41) is 2.75. The molecule has 3 nitrogen and oxygen atoms in total. The van der Waals surface area contributed by atoms with Crippen LogP contribution in [-0.4, -0.2) is 0 Å². The average molecular weight is 239 g/mol. The van der Waals surface area contributed by atoms with Gasteiger partial charge in [0.1, 0.15) is 17.7 Å². The molecular formula is C15H13NO2. The highest BCUT2D eigenvalue weighted by Crippen LogP contribution is 2.22. The van der Waals surface area contributed by atoms with Gasteiger partial charge in [0.05, 0.1) is 0 Å². The van der Waals surface area contributed by atoms with E-state index < -0.39 is 0 Å². The number of hydrogen-bond donors (Lipinski definition) is 0. The molecule has 0 spiro atoms. The van der Waals surface area contributed by atoms with E-state index in [9.17, 15) is 4.91 Å². The lowest BCUT2D eigenvalue weighted by molar-refractivity contribution is 0.475. The van der Waals surface area contributed by atoms with Crippen LogP contribution in [0.2, 0.25) is 0 Å². The summed E-state index contributed by atoms with van der Waals surface area (Å²) < 4.78 is 5.29. The van der Waals surface area contributed by atoms with Gasteiger partial charge < -0.3 is 4.74 Å². The second kappa shape index (κ2) is 5.77. The standard InChI is InChI=1S/C15H13NO2/c1-12(16-17)11-18-15-9-7-14(8-10-15)13-5-3-2-4-6-13/h2-11H,1H3/b12-11-. The molecule has 2 rings (SSSR count). The Bertz CT molecular complexity index is 544. The van der Waals surface area contributed by atoms with E-state index in [0.717, 1.165) is 11.1 Å². The molecule has 0 amide bonds. The first-order chi connectivity index (χ1) is 8.79. The summed E-state index contributed by atoms with van der Waals surface area (Å²) >= 11 is 0. The van der Waals surface area contributed by atoms with E-state index in [2.05, 4.69) is 17.3 Å². The van der Waals surface area contributed by atoms with Crippen molar-refractivity contribution in [3.8, 4) is 16.9 Å². The van der Waals surface area contributed by atoms with Crippen molar-refractivity contribution < 1.29 is 4.74 Å². The molecule has 0 bridgehead atoms. The molecule has 0 aromatic heterocycles. The SMILES string of the molecule is C/C(=C/Oc1ccc(-c2ccccc2)cc1)N=O. The van der Waals surface area contributed by atoms with E-state index in [0.29, 0.717) is 11.4 Å². The zero-order valence-corrected chi connectivity index (χ0v) is 10.0. The molecule has 0 saturated carbocycles. The molecule has 0 atom stereocenters. The molecule has 0 heterocycles. The fourth-order valence-corrected chi connectivity index (χ4v) is 1.53. The first kappa shape index (κ1) is 12.0. The number of allylic oxidation sites excluding steroid dienone is 1. The molecule has 0 fully saturated rings. The van der Waals surface area contributed by atoms with Crippen molar-refractivity contribution in [1.82, 2.24) is 0 Å². The lowest BCUT2D eigenvalue weighted by Crippen LogP contribution is -1.84. The monoisotopic (exact) mass is 239 g/mol. The highest BCUT2D eigenvalue weighted by molar-refractivity contribution is 5.63. The summed E-state index contributed by atoms with van der Waals surface area (Å²) in [4.78, 5) is 10.2. The first-order valence-electron chi connectivity index (χ1n) is 5.62. The predicted molar refractivity (Wildman–Crippen MR) is 72.1 cm³/mol. The van der Waals surface area contributed by atoms with Crippen LogP contribution < -0.4 is 4.74 Å². The zero-order chi connectivity index (χ0) is 12.8. The van der Waals surface area contributed by atoms with Crippen LogP contribution >= 0.6 is 0 Å². The molecule has 0 aliphatic heterocycles. The Labute approximate surface area is 106 Å². The highest BCUT2D eigenvalue weighted by atomic mass is 16.5. The molecule has 0 N–H and O–H groups in total. The first-order valence-corrected chi connectivity index (χ1v) is 5.62. The Kier molecular flexibility index (Phi) is 3.86. The van der Waals surface area contributed by atoms with Crippen LogP contribution in [0, 0.1) is 4.91 Å². The van der Waals surface area contributed by atoms with E-state index in [1.54, 1.807) is 6.92 Å². The van der Waals surface area contributed by atoms with Gasteiger partial charge in [-0.05, 0) is 35.4 Å². The lowest BCUT2D eigenvalue weighted by atomic mass is 10.1. The minimum Gasteiger partial charge on any atom is -0.463 e. The quantitative estimate of drug-likeness (QED) is 0.587. The summed E-state index contributed by atoms with van der Waals surface area (Å²) in [5.74, 6) is 0.678. The molecule has 0 aliphatic rings. The second-order valence-electron chi connectivity index (χ2n) is 3.86. The third-order valence-corrected chi connectivity index (χ3v) is 2.47.